The van der Waals surface area contributed by atoms with Crippen molar-refractivity contribution in [3.05, 3.63) is 21.8 Å². The van der Waals surface area contributed by atoms with Gasteiger partial charge in [-0.25, -0.2) is 0 Å². The van der Waals surface area contributed by atoms with Crippen LogP contribution < -0.4 is 0 Å². The SMILES string of the molecule is CCc1ccc(-c2n[nH]c(=S)n2C(C)C)s1. The van der Waals surface area contributed by atoms with Crippen LogP contribution >= 0.6 is 23.6 Å². The largest absolute Gasteiger partial charge is 0.297 e. The van der Waals surface area contributed by atoms with Crippen LogP contribution in [0.5, 0.6) is 0 Å². The normalized spacial score (nSPS) is 11.2. The third-order valence-electron chi connectivity index (χ3n) is 2.45. The number of H-pyrrole nitrogens is 1. The molecule has 0 radical (unpaired) electrons. The maximum absolute atomic E-state index is 5.23. The van der Waals surface area contributed by atoms with E-state index < -0.39 is 0 Å². The van der Waals surface area contributed by atoms with Gasteiger partial charge in [-0.1, -0.05) is 6.92 Å². The second kappa shape index (κ2) is 4.51. The van der Waals surface area contributed by atoms with Gasteiger partial charge in [0.2, 0.25) is 0 Å². The lowest BCUT2D eigenvalue weighted by molar-refractivity contribution is 0.597. The molecule has 0 fully saturated rings. The highest BCUT2D eigenvalue weighted by atomic mass is 32.1. The molecule has 5 heteroatoms. The van der Waals surface area contributed by atoms with Crippen molar-refractivity contribution in [1.29, 1.82) is 0 Å². The van der Waals surface area contributed by atoms with Crippen molar-refractivity contribution < 1.29 is 0 Å². The summed E-state index contributed by atoms with van der Waals surface area (Å²) in [4.78, 5) is 2.55. The Morgan fingerprint density at radius 1 is 1.50 bits per heavy atom. The molecule has 3 nitrogen and oxygen atoms in total. The van der Waals surface area contributed by atoms with Gasteiger partial charge in [0.25, 0.3) is 0 Å². The number of hydrogen-bond donors (Lipinski definition) is 1. The first-order valence-corrected chi connectivity index (χ1v) is 6.62. The summed E-state index contributed by atoms with van der Waals surface area (Å²) in [5.74, 6) is 0.949. The van der Waals surface area contributed by atoms with Gasteiger partial charge < -0.3 is 0 Å². The molecule has 0 bridgehead atoms. The van der Waals surface area contributed by atoms with Crippen LogP contribution in [-0.4, -0.2) is 14.8 Å². The smallest absolute Gasteiger partial charge is 0.195 e. The molecule has 0 aliphatic carbocycles. The first-order valence-electron chi connectivity index (χ1n) is 5.39. The molecule has 2 rings (SSSR count). The maximum atomic E-state index is 5.23. The van der Waals surface area contributed by atoms with Crippen LogP contribution in [0, 0.1) is 4.77 Å². The zero-order valence-corrected chi connectivity index (χ0v) is 11.3. The molecule has 0 aliphatic heterocycles. The van der Waals surface area contributed by atoms with Crippen molar-refractivity contribution >= 4 is 23.6 Å². The van der Waals surface area contributed by atoms with E-state index in [0.717, 1.165) is 12.2 Å². The molecule has 2 aromatic rings. The van der Waals surface area contributed by atoms with E-state index in [0.29, 0.717) is 10.8 Å². The fraction of sp³-hybridized carbons (Fsp3) is 0.455. The summed E-state index contributed by atoms with van der Waals surface area (Å²) in [6, 6.07) is 4.60. The predicted octanol–water partition coefficient (Wildman–Crippen LogP) is 3.81. The molecule has 0 unspecified atom stereocenters. The summed E-state index contributed by atoms with van der Waals surface area (Å²) < 4.78 is 2.75. The fourth-order valence-corrected chi connectivity index (χ4v) is 2.92. The molecule has 2 aromatic heterocycles. The van der Waals surface area contributed by atoms with Crippen LogP contribution in [0.25, 0.3) is 10.7 Å². The van der Waals surface area contributed by atoms with Gasteiger partial charge in [0.05, 0.1) is 4.88 Å². The second-order valence-corrected chi connectivity index (χ2v) is 5.49. The number of thiophene rings is 1. The Morgan fingerprint density at radius 2 is 2.25 bits per heavy atom. The van der Waals surface area contributed by atoms with Gasteiger partial charge in [-0.3, -0.25) is 9.67 Å². The zero-order valence-electron chi connectivity index (χ0n) is 9.65. The molecule has 0 aromatic carbocycles. The number of hydrogen-bond acceptors (Lipinski definition) is 3. The molecule has 0 spiro atoms. The molecule has 16 heavy (non-hydrogen) atoms. The van der Waals surface area contributed by atoms with Crippen LogP contribution in [0.4, 0.5) is 0 Å². The third-order valence-corrected chi connectivity index (χ3v) is 3.96. The molecule has 0 saturated heterocycles. The Balaban J connectivity index is 2.51. The highest BCUT2D eigenvalue weighted by Crippen LogP contribution is 2.28. The number of nitrogens with zero attached hydrogens (tertiary/aromatic N) is 2. The molecule has 86 valence electrons. The Morgan fingerprint density at radius 3 is 2.81 bits per heavy atom. The van der Waals surface area contributed by atoms with Gasteiger partial charge in [0.15, 0.2) is 10.6 Å². The van der Waals surface area contributed by atoms with Crippen LogP contribution in [0.15, 0.2) is 12.1 Å². The first-order chi connectivity index (χ1) is 7.63. The van der Waals surface area contributed by atoms with Crippen LogP contribution in [-0.2, 0) is 6.42 Å². The van der Waals surface area contributed by atoms with Crippen molar-refractivity contribution in [3.63, 3.8) is 0 Å². The van der Waals surface area contributed by atoms with Crippen molar-refractivity contribution in [2.75, 3.05) is 0 Å². The minimum absolute atomic E-state index is 0.327. The van der Waals surface area contributed by atoms with Gasteiger partial charge >= 0.3 is 0 Å². The summed E-state index contributed by atoms with van der Waals surface area (Å²) in [6.45, 7) is 6.39. The predicted molar refractivity (Wildman–Crippen MR) is 70.5 cm³/mol. The van der Waals surface area contributed by atoms with Crippen LogP contribution in [0.2, 0.25) is 0 Å². The topological polar surface area (TPSA) is 33.6 Å². The van der Waals surface area contributed by atoms with E-state index in [2.05, 4.69) is 47.7 Å². The highest BCUT2D eigenvalue weighted by molar-refractivity contribution is 7.71. The van der Waals surface area contributed by atoms with Crippen molar-refractivity contribution in [1.82, 2.24) is 14.8 Å². The lowest BCUT2D eigenvalue weighted by Crippen LogP contribution is -2.02. The van der Waals surface area contributed by atoms with Crippen LogP contribution in [0.3, 0.4) is 0 Å². The summed E-state index contributed by atoms with van der Waals surface area (Å²) in [5.41, 5.74) is 0. The van der Waals surface area contributed by atoms with E-state index in [1.807, 2.05) is 0 Å². The quantitative estimate of drug-likeness (QED) is 0.844. The molecule has 0 saturated carbocycles. The second-order valence-electron chi connectivity index (χ2n) is 3.94. The molecule has 1 N–H and O–H groups in total. The minimum atomic E-state index is 0.327. The first kappa shape index (κ1) is 11.5. The Labute approximate surface area is 104 Å². The Kier molecular flexibility index (Phi) is 3.25. The van der Waals surface area contributed by atoms with Crippen molar-refractivity contribution in [3.8, 4) is 10.7 Å². The minimum Gasteiger partial charge on any atom is -0.297 e. The monoisotopic (exact) mass is 253 g/mol. The molecular formula is C11H15N3S2. The van der Waals surface area contributed by atoms with Gasteiger partial charge in [-0.2, -0.15) is 5.10 Å². The van der Waals surface area contributed by atoms with E-state index in [9.17, 15) is 0 Å². The van der Waals surface area contributed by atoms with Crippen molar-refractivity contribution in [2.24, 2.45) is 0 Å². The summed E-state index contributed by atoms with van der Waals surface area (Å²) in [5, 5.41) is 7.18. The molecular weight excluding hydrogens is 238 g/mol. The number of aryl methyl sites for hydroxylation is 1. The molecule has 0 amide bonds. The van der Waals surface area contributed by atoms with E-state index in [1.54, 1.807) is 11.3 Å². The summed E-state index contributed by atoms with van der Waals surface area (Å²) >= 11 is 7.02. The number of aromatic nitrogens is 3. The van der Waals surface area contributed by atoms with E-state index in [1.165, 1.54) is 9.75 Å². The summed E-state index contributed by atoms with van der Waals surface area (Å²) in [7, 11) is 0. The Bertz CT molecular complexity index is 533. The standard InChI is InChI=1S/C11H15N3S2/c1-4-8-5-6-9(16-8)10-12-13-11(15)14(10)7(2)3/h5-7H,4H2,1-3H3,(H,13,15). The average molecular weight is 253 g/mol. The van der Waals surface area contributed by atoms with E-state index in [4.69, 9.17) is 12.2 Å². The lowest BCUT2D eigenvalue weighted by Gasteiger charge is -2.08. The van der Waals surface area contributed by atoms with E-state index >= 15 is 0 Å². The lowest BCUT2D eigenvalue weighted by atomic mass is 10.3. The average Bonchev–Trinajstić information content (AvgIpc) is 2.82. The Hall–Kier alpha value is -0.940. The third kappa shape index (κ3) is 1.97. The number of rotatable bonds is 3. The molecule has 2 heterocycles. The molecule has 0 aliphatic rings. The van der Waals surface area contributed by atoms with Gasteiger partial charge in [0, 0.05) is 10.9 Å². The van der Waals surface area contributed by atoms with Gasteiger partial charge in [-0.05, 0) is 44.6 Å². The maximum Gasteiger partial charge on any atom is 0.195 e. The number of nitrogens with one attached hydrogen (secondary N) is 1. The van der Waals surface area contributed by atoms with Gasteiger partial charge in [-0.15, -0.1) is 11.3 Å². The zero-order chi connectivity index (χ0) is 11.7. The highest BCUT2D eigenvalue weighted by Gasteiger charge is 2.12. The molecule has 0 atom stereocenters. The van der Waals surface area contributed by atoms with Crippen molar-refractivity contribution in [2.45, 2.75) is 33.2 Å². The fourth-order valence-electron chi connectivity index (χ4n) is 1.65. The summed E-state index contributed by atoms with van der Waals surface area (Å²) in [6.07, 6.45) is 1.07. The van der Waals surface area contributed by atoms with Gasteiger partial charge in [0.1, 0.15) is 0 Å². The van der Waals surface area contributed by atoms with Crippen LogP contribution in [0.1, 0.15) is 31.7 Å². The van der Waals surface area contributed by atoms with E-state index in [-0.39, 0.29) is 0 Å². The number of aromatic amines is 1.